The molecule has 1 aliphatic heterocycles. The average Bonchev–Trinajstić information content (AvgIpc) is 3.55. The number of furan rings is 1. The van der Waals surface area contributed by atoms with Crippen LogP contribution in [0.1, 0.15) is 74.0 Å². The van der Waals surface area contributed by atoms with Crippen molar-refractivity contribution in [3.05, 3.63) is 83.6 Å². The SMILES string of the molecule is CCCN(Cc1cccn1Cc1ccc(C(=O)NC2CCN(Cc3ccccc3)CC2)o1)C(=O)CC(C)C. The third kappa shape index (κ3) is 7.84. The van der Waals surface area contributed by atoms with E-state index < -0.39 is 0 Å². The fourth-order valence-corrected chi connectivity index (χ4v) is 5.07. The first-order valence-corrected chi connectivity index (χ1v) is 14.0. The van der Waals surface area contributed by atoms with E-state index in [0.29, 0.717) is 31.2 Å². The number of likely N-dealkylation sites (tertiary alicyclic amines) is 1. The Balaban J connectivity index is 1.28. The fraction of sp³-hybridized carbons (Fsp3) is 0.484. The minimum Gasteiger partial charge on any atom is -0.454 e. The molecule has 1 fully saturated rings. The second kappa shape index (κ2) is 13.5. The van der Waals surface area contributed by atoms with Gasteiger partial charge in [-0.05, 0) is 55.0 Å². The van der Waals surface area contributed by atoms with E-state index in [0.717, 1.165) is 56.9 Å². The van der Waals surface area contributed by atoms with Gasteiger partial charge in [0.05, 0.1) is 13.1 Å². The number of nitrogens with zero attached hydrogens (tertiary/aromatic N) is 3. The van der Waals surface area contributed by atoms with Crippen molar-refractivity contribution in [3.8, 4) is 0 Å². The second-order valence-electron chi connectivity index (χ2n) is 10.8. The summed E-state index contributed by atoms with van der Waals surface area (Å²) >= 11 is 0. The molecule has 1 saturated heterocycles. The van der Waals surface area contributed by atoms with Crippen molar-refractivity contribution in [2.75, 3.05) is 19.6 Å². The van der Waals surface area contributed by atoms with Gasteiger partial charge in [-0.2, -0.15) is 0 Å². The van der Waals surface area contributed by atoms with Crippen molar-refractivity contribution in [2.45, 2.75) is 72.1 Å². The predicted octanol–water partition coefficient (Wildman–Crippen LogP) is 5.31. The molecule has 1 aromatic carbocycles. The lowest BCUT2D eigenvalue weighted by atomic mass is 10.0. The Labute approximate surface area is 226 Å². The summed E-state index contributed by atoms with van der Waals surface area (Å²) in [4.78, 5) is 30.0. The van der Waals surface area contributed by atoms with Crippen molar-refractivity contribution in [2.24, 2.45) is 5.92 Å². The lowest BCUT2D eigenvalue weighted by Gasteiger charge is -2.32. The number of carbonyl (C=O) groups is 2. The van der Waals surface area contributed by atoms with Gasteiger partial charge in [-0.15, -0.1) is 0 Å². The smallest absolute Gasteiger partial charge is 0.287 e. The molecule has 1 N–H and O–H groups in total. The first kappa shape index (κ1) is 27.7. The van der Waals surface area contributed by atoms with E-state index in [-0.39, 0.29) is 17.9 Å². The molecular weight excluding hydrogens is 476 g/mol. The number of rotatable bonds is 12. The van der Waals surface area contributed by atoms with E-state index in [1.54, 1.807) is 6.07 Å². The summed E-state index contributed by atoms with van der Waals surface area (Å²) < 4.78 is 8.04. The largest absolute Gasteiger partial charge is 0.454 e. The molecule has 0 aliphatic carbocycles. The molecule has 0 atom stereocenters. The number of aromatic nitrogens is 1. The minimum atomic E-state index is -0.154. The first-order chi connectivity index (χ1) is 18.4. The third-order valence-corrected chi connectivity index (χ3v) is 7.09. The fourth-order valence-electron chi connectivity index (χ4n) is 5.07. The van der Waals surface area contributed by atoms with E-state index in [1.807, 2.05) is 35.4 Å². The van der Waals surface area contributed by atoms with Gasteiger partial charge in [-0.1, -0.05) is 51.1 Å². The Morgan fingerprint density at radius 3 is 2.50 bits per heavy atom. The average molecular weight is 519 g/mol. The normalized spacial score (nSPS) is 14.6. The van der Waals surface area contributed by atoms with Gasteiger partial charge in [0.1, 0.15) is 5.76 Å². The molecule has 3 heterocycles. The molecular formula is C31H42N4O3. The van der Waals surface area contributed by atoms with Crippen molar-refractivity contribution in [3.63, 3.8) is 0 Å². The number of amides is 2. The highest BCUT2D eigenvalue weighted by molar-refractivity contribution is 5.91. The maximum atomic E-state index is 12.9. The van der Waals surface area contributed by atoms with E-state index in [4.69, 9.17) is 4.42 Å². The van der Waals surface area contributed by atoms with Crippen LogP contribution in [-0.2, 0) is 24.4 Å². The summed E-state index contributed by atoms with van der Waals surface area (Å²) in [5.74, 6) is 1.44. The summed E-state index contributed by atoms with van der Waals surface area (Å²) in [5, 5.41) is 3.16. The summed E-state index contributed by atoms with van der Waals surface area (Å²) in [6.45, 7) is 11.0. The van der Waals surface area contributed by atoms with Gasteiger partial charge >= 0.3 is 0 Å². The molecule has 7 heteroatoms. The zero-order chi connectivity index (χ0) is 26.9. The Bertz CT molecular complexity index is 1160. The van der Waals surface area contributed by atoms with Gasteiger partial charge in [0.25, 0.3) is 5.91 Å². The lowest BCUT2D eigenvalue weighted by molar-refractivity contribution is -0.132. The minimum absolute atomic E-state index is 0.154. The van der Waals surface area contributed by atoms with Crippen LogP contribution < -0.4 is 5.32 Å². The quantitative estimate of drug-likeness (QED) is 0.353. The molecule has 1 aliphatic rings. The van der Waals surface area contributed by atoms with Crippen molar-refractivity contribution < 1.29 is 14.0 Å². The molecule has 38 heavy (non-hydrogen) atoms. The Morgan fingerprint density at radius 2 is 1.79 bits per heavy atom. The maximum absolute atomic E-state index is 12.9. The topological polar surface area (TPSA) is 70.7 Å². The Hall–Kier alpha value is -3.32. The molecule has 0 unspecified atom stereocenters. The van der Waals surface area contributed by atoms with Gasteiger partial charge in [0, 0.05) is 50.5 Å². The highest BCUT2D eigenvalue weighted by Crippen LogP contribution is 2.17. The number of piperidine rings is 1. The molecule has 0 bridgehead atoms. The third-order valence-electron chi connectivity index (χ3n) is 7.09. The number of benzene rings is 1. The summed E-state index contributed by atoms with van der Waals surface area (Å²) in [7, 11) is 0. The summed E-state index contributed by atoms with van der Waals surface area (Å²) in [5.41, 5.74) is 2.38. The van der Waals surface area contributed by atoms with Crippen molar-refractivity contribution in [1.29, 1.82) is 0 Å². The molecule has 3 aromatic rings. The molecule has 2 amide bonds. The van der Waals surface area contributed by atoms with E-state index >= 15 is 0 Å². The van der Waals surface area contributed by atoms with Crippen LogP contribution in [0.25, 0.3) is 0 Å². The standard InChI is InChI=1S/C31H42N4O3/c1-4-16-35(30(36)20-24(2)3)22-27-11-8-17-34(27)23-28-12-13-29(38-28)31(37)32-26-14-18-33(19-15-26)21-25-9-6-5-7-10-25/h5-13,17,24,26H,4,14-16,18-23H2,1-3H3,(H,32,37). The molecule has 0 radical (unpaired) electrons. The molecule has 2 aromatic heterocycles. The van der Waals surface area contributed by atoms with Gasteiger partial charge in [0.15, 0.2) is 5.76 Å². The van der Waals surface area contributed by atoms with Crippen LogP contribution in [0.5, 0.6) is 0 Å². The summed E-state index contributed by atoms with van der Waals surface area (Å²) in [6, 6.07) is 18.3. The van der Waals surface area contributed by atoms with Crippen LogP contribution in [-0.4, -0.2) is 51.9 Å². The van der Waals surface area contributed by atoms with Gasteiger partial charge in [0.2, 0.25) is 5.91 Å². The maximum Gasteiger partial charge on any atom is 0.287 e. The monoisotopic (exact) mass is 518 g/mol. The van der Waals surface area contributed by atoms with Crippen LogP contribution in [0.4, 0.5) is 0 Å². The predicted molar refractivity (Wildman–Crippen MR) is 150 cm³/mol. The zero-order valence-electron chi connectivity index (χ0n) is 23.1. The Kier molecular flexibility index (Phi) is 9.82. The molecule has 4 rings (SSSR count). The summed E-state index contributed by atoms with van der Waals surface area (Å²) in [6.07, 6.45) is 5.35. The van der Waals surface area contributed by atoms with Crippen molar-refractivity contribution >= 4 is 11.8 Å². The van der Waals surface area contributed by atoms with Gasteiger partial charge in [-0.3, -0.25) is 14.5 Å². The van der Waals surface area contributed by atoms with Crippen LogP contribution in [0.15, 0.2) is 65.2 Å². The van der Waals surface area contributed by atoms with E-state index in [1.165, 1.54) is 5.56 Å². The van der Waals surface area contributed by atoms with Crippen LogP contribution >= 0.6 is 0 Å². The lowest BCUT2D eigenvalue weighted by Crippen LogP contribution is -2.44. The Morgan fingerprint density at radius 1 is 1.03 bits per heavy atom. The van der Waals surface area contributed by atoms with Gasteiger partial charge in [-0.25, -0.2) is 0 Å². The molecule has 0 spiro atoms. The van der Waals surface area contributed by atoms with Crippen LogP contribution in [0.3, 0.4) is 0 Å². The molecule has 0 saturated carbocycles. The number of hydrogen-bond acceptors (Lipinski definition) is 4. The highest BCUT2D eigenvalue weighted by Gasteiger charge is 2.23. The first-order valence-electron chi connectivity index (χ1n) is 14.0. The van der Waals surface area contributed by atoms with Crippen molar-refractivity contribution in [1.82, 2.24) is 19.7 Å². The second-order valence-corrected chi connectivity index (χ2v) is 10.8. The van der Waals surface area contributed by atoms with Gasteiger partial charge < -0.3 is 19.2 Å². The number of hydrogen-bond donors (Lipinski definition) is 1. The van der Waals surface area contributed by atoms with E-state index in [2.05, 4.69) is 59.8 Å². The van der Waals surface area contributed by atoms with Crippen LogP contribution in [0, 0.1) is 5.92 Å². The molecule has 7 nitrogen and oxygen atoms in total. The zero-order valence-corrected chi connectivity index (χ0v) is 23.1. The highest BCUT2D eigenvalue weighted by atomic mass is 16.4. The number of carbonyl (C=O) groups excluding carboxylic acids is 2. The van der Waals surface area contributed by atoms with E-state index in [9.17, 15) is 9.59 Å². The number of nitrogens with one attached hydrogen (secondary N) is 1. The molecule has 204 valence electrons. The van der Waals surface area contributed by atoms with Crippen LogP contribution in [0.2, 0.25) is 0 Å².